The molecule has 1 aliphatic rings. The van der Waals surface area contributed by atoms with Gasteiger partial charge in [-0.3, -0.25) is 0 Å². The second-order valence-corrected chi connectivity index (χ2v) is 6.37. The van der Waals surface area contributed by atoms with E-state index in [1.807, 2.05) is 13.8 Å². The molecule has 0 bridgehead atoms. The molecule has 0 radical (unpaired) electrons. The Kier molecular flexibility index (Phi) is 3.93. The van der Waals surface area contributed by atoms with Gasteiger partial charge in [-0.15, -0.1) is 23.2 Å². The molecule has 0 aliphatic heterocycles. The molecule has 0 atom stereocenters. The number of rotatable bonds is 0. The number of hydrogen-bond acceptors (Lipinski definition) is 0. The Bertz CT molecular complexity index is 206. The summed E-state index contributed by atoms with van der Waals surface area (Å²) in [5.41, 5.74) is 0.145. The van der Waals surface area contributed by atoms with Crippen molar-refractivity contribution in [3.8, 4) is 0 Å². The fraction of sp³-hybridized carbons (Fsp3) is 0.909. The van der Waals surface area contributed by atoms with Crippen LogP contribution in [-0.4, -0.2) is 10.4 Å². The Hall–Kier alpha value is 0.0700. The van der Waals surface area contributed by atoms with Crippen molar-refractivity contribution in [1.82, 2.24) is 0 Å². The first kappa shape index (κ1) is 14.1. The van der Waals surface area contributed by atoms with Crippen LogP contribution in [-0.2, 0) is 0 Å². The average molecular weight is 236 g/mol. The van der Waals surface area contributed by atoms with E-state index >= 15 is 0 Å². The highest BCUT2D eigenvalue weighted by Gasteiger charge is 2.76. The maximum atomic E-state index is 6.28. The first-order valence-corrected chi connectivity index (χ1v) is 5.52. The summed E-state index contributed by atoms with van der Waals surface area (Å²) in [5, 5.41) is 0. The first-order valence-electron chi connectivity index (χ1n) is 4.76. The minimum Gasteiger partial charge on any atom is -0.314 e. The molecular weight excluding hydrogens is 217 g/mol. The van der Waals surface area contributed by atoms with Gasteiger partial charge in [0.1, 0.15) is 4.33 Å². The minimum absolute atomic E-state index is 0.0725. The van der Waals surface area contributed by atoms with Gasteiger partial charge in [-0.05, 0) is 0 Å². The zero-order valence-electron chi connectivity index (χ0n) is 9.78. The topological polar surface area (TPSA) is 4.36 Å². The number of alkyl halides is 2. The maximum Gasteiger partial charge on any atom is 0.218 e. The van der Waals surface area contributed by atoms with Crippen molar-refractivity contribution in [2.24, 2.45) is 10.8 Å². The van der Waals surface area contributed by atoms with E-state index in [4.69, 9.17) is 29.8 Å². The Labute approximate surface area is 97.6 Å². The van der Waals surface area contributed by atoms with Crippen molar-refractivity contribution in [2.45, 2.75) is 51.9 Å². The minimum atomic E-state index is -0.514. The van der Waals surface area contributed by atoms with Crippen LogP contribution in [0.2, 0.25) is 0 Å². The Morgan fingerprint density at radius 2 is 1.14 bits per heavy atom. The van der Waals surface area contributed by atoms with Crippen LogP contribution >= 0.6 is 23.2 Å². The summed E-state index contributed by atoms with van der Waals surface area (Å²) in [6.45, 7) is 18.4. The molecule has 0 aromatic rings. The highest BCUT2D eigenvalue weighted by molar-refractivity contribution is 6.52. The zero-order chi connectivity index (χ0) is 11.8. The molecule has 1 saturated carbocycles. The highest BCUT2D eigenvalue weighted by Crippen LogP contribution is 2.77. The molecule has 0 N–H and O–H groups in total. The second-order valence-electron chi connectivity index (χ2n) is 5.05. The molecular formula is C11H19Cl2N. The maximum absolute atomic E-state index is 6.28. The van der Waals surface area contributed by atoms with Crippen LogP contribution in [0.15, 0.2) is 0 Å². The van der Waals surface area contributed by atoms with Gasteiger partial charge in [0.2, 0.25) is 6.04 Å². The van der Waals surface area contributed by atoms with Crippen molar-refractivity contribution in [2.75, 3.05) is 0 Å². The molecule has 1 rings (SSSR count). The molecule has 0 unspecified atom stereocenters. The lowest BCUT2D eigenvalue weighted by Gasteiger charge is -2.01. The van der Waals surface area contributed by atoms with Gasteiger partial charge >= 0.3 is 0 Å². The second kappa shape index (κ2) is 3.91. The molecule has 1 nitrogen and oxygen atoms in total. The highest BCUT2D eigenvalue weighted by atomic mass is 35.5. The van der Waals surface area contributed by atoms with Crippen LogP contribution < -0.4 is 0 Å². The van der Waals surface area contributed by atoms with Crippen molar-refractivity contribution in [3.63, 3.8) is 0 Å². The lowest BCUT2D eigenvalue weighted by Crippen LogP contribution is -1.96. The van der Waals surface area contributed by atoms with E-state index < -0.39 is 4.33 Å². The SMILES string of the molecule is CC1(C)C(C)(C)C1(Cl)Cl.[C-]#[N+]C(C)C. The largest absolute Gasteiger partial charge is 0.314 e. The fourth-order valence-electron chi connectivity index (χ4n) is 1.18. The monoisotopic (exact) mass is 235 g/mol. The summed E-state index contributed by atoms with van der Waals surface area (Å²) < 4.78 is -0.514. The molecule has 0 heterocycles. The summed E-state index contributed by atoms with van der Waals surface area (Å²) in [6.07, 6.45) is 0. The zero-order valence-corrected chi connectivity index (χ0v) is 11.3. The van der Waals surface area contributed by atoms with Crippen LogP contribution in [0.25, 0.3) is 4.85 Å². The Balaban J connectivity index is 0.000000292. The van der Waals surface area contributed by atoms with Gasteiger partial charge in [-0.25, -0.2) is 6.57 Å². The quantitative estimate of drug-likeness (QED) is 0.429. The molecule has 3 heteroatoms. The van der Waals surface area contributed by atoms with Crippen LogP contribution in [0.4, 0.5) is 0 Å². The summed E-state index contributed by atoms with van der Waals surface area (Å²) in [6, 6.07) is 0.176. The molecule has 0 saturated heterocycles. The first-order chi connectivity index (χ1) is 6.02. The number of nitrogens with zero attached hydrogens (tertiary/aromatic N) is 1. The normalized spacial score (nSPS) is 24.6. The summed E-state index contributed by atoms with van der Waals surface area (Å²) in [4.78, 5) is 3.14. The smallest absolute Gasteiger partial charge is 0.218 e. The Morgan fingerprint density at radius 3 is 1.14 bits per heavy atom. The van der Waals surface area contributed by atoms with Crippen LogP contribution in [0, 0.1) is 17.4 Å². The molecule has 0 amide bonds. The van der Waals surface area contributed by atoms with E-state index in [2.05, 4.69) is 32.5 Å². The molecule has 1 fully saturated rings. The third-order valence-electron chi connectivity index (χ3n) is 3.33. The van der Waals surface area contributed by atoms with Crippen molar-refractivity contribution in [3.05, 3.63) is 11.4 Å². The molecule has 14 heavy (non-hydrogen) atoms. The molecule has 82 valence electrons. The van der Waals surface area contributed by atoms with Crippen LogP contribution in [0.5, 0.6) is 0 Å². The van der Waals surface area contributed by atoms with Gasteiger partial charge in [-0.2, -0.15) is 0 Å². The van der Waals surface area contributed by atoms with Gasteiger partial charge in [0, 0.05) is 24.7 Å². The van der Waals surface area contributed by atoms with E-state index in [9.17, 15) is 0 Å². The van der Waals surface area contributed by atoms with Crippen LogP contribution in [0.3, 0.4) is 0 Å². The van der Waals surface area contributed by atoms with Gasteiger partial charge in [0.05, 0.1) is 0 Å². The third kappa shape index (κ3) is 2.02. The predicted molar refractivity (Wildman–Crippen MR) is 63.7 cm³/mol. The molecule has 0 spiro atoms. The van der Waals surface area contributed by atoms with Crippen molar-refractivity contribution >= 4 is 23.2 Å². The predicted octanol–water partition coefficient (Wildman–Crippen LogP) is 4.54. The fourth-order valence-corrected chi connectivity index (χ4v) is 2.03. The van der Waals surface area contributed by atoms with E-state index in [-0.39, 0.29) is 16.9 Å². The standard InChI is InChI=1S/C7H12Cl2.C4H7N/c1-5(2)6(3,4)7(5,8)9;1-4(2)5-3/h1-4H3;4H,1-2H3. The molecule has 0 aromatic heterocycles. The molecule has 1 aliphatic carbocycles. The van der Waals surface area contributed by atoms with E-state index in [1.54, 1.807) is 0 Å². The summed E-state index contributed by atoms with van der Waals surface area (Å²) in [5.74, 6) is 0. The lowest BCUT2D eigenvalue weighted by molar-refractivity contribution is 0.457. The van der Waals surface area contributed by atoms with Gasteiger partial charge in [0.25, 0.3) is 0 Å². The summed E-state index contributed by atoms with van der Waals surface area (Å²) >= 11 is 12.0. The number of hydrogen-bond donors (Lipinski definition) is 0. The number of halogens is 2. The van der Waals surface area contributed by atoms with E-state index in [0.29, 0.717) is 0 Å². The van der Waals surface area contributed by atoms with E-state index in [0.717, 1.165) is 0 Å². The lowest BCUT2D eigenvalue weighted by atomic mass is 10.0. The van der Waals surface area contributed by atoms with Gasteiger partial charge < -0.3 is 4.85 Å². The summed E-state index contributed by atoms with van der Waals surface area (Å²) in [7, 11) is 0. The third-order valence-corrected chi connectivity index (χ3v) is 5.22. The Morgan fingerprint density at radius 1 is 1.00 bits per heavy atom. The van der Waals surface area contributed by atoms with Crippen LogP contribution in [0.1, 0.15) is 41.5 Å². The van der Waals surface area contributed by atoms with Crippen molar-refractivity contribution < 1.29 is 0 Å². The molecule has 0 aromatic carbocycles. The van der Waals surface area contributed by atoms with Crippen molar-refractivity contribution in [1.29, 1.82) is 0 Å². The van der Waals surface area contributed by atoms with Gasteiger partial charge in [0.15, 0.2) is 0 Å². The van der Waals surface area contributed by atoms with Gasteiger partial charge in [-0.1, -0.05) is 27.7 Å². The van der Waals surface area contributed by atoms with E-state index in [1.165, 1.54) is 0 Å². The average Bonchev–Trinajstić information content (AvgIpc) is 2.29.